The minimum absolute atomic E-state index is 0.114. The molecule has 1 heterocycles. The number of aryl methyl sites for hydroxylation is 2. The molecule has 1 aromatic carbocycles. The lowest BCUT2D eigenvalue weighted by Gasteiger charge is -2.26. The SMILES string of the molecule is COc1cc(C)c(C)cc1S(=O)(=O)N1CCC(=O)CC1. The number of benzene rings is 1. The number of piperidine rings is 1. The highest BCUT2D eigenvalue weighted by atomic mass is 32.2. The second kappa shape index (κ2) is 5.54. The number of ketones is 1. The maximum Gasteiger partial charge on any atom is 0.246 e. The van der Waals surface area contributed by atoms with Crippen molar-refractivity contribution in [3.63, 3.8) is 0 Å². The van der Waals surface area contributed by atoms with E-state index in [2.05, 4.69) is 0 Å². The molecule has 1 saturated heterocycles. The van der Waals surface area contributed by atoms with E-state index in [0.29, 0.717) is 5.75 Å². The monoisotopic (exact) mass is 297 g/mol. The van der Waals surface area contributed by atoms with Gasteiger partial charge in [-0.25, -0.2) is 8.42 Å². The van der Waals surface area contributed by atoms with E-state index in [1.807, 2.05) is 13.8 Å². The number of carbonyl (C=O) groups excluding carboxylic acids is 1. The van der Waals surface area contributed by atoms with Gasteiger partial charge in [-0.2, -0.15) is 4.31 Å². The molecule has 2 rings (SSSR count). The minimum atomic E-state index is -3.61. The molecule has 6 heteroatoms. The molecule has 1 aromatic rings. The van der Waals surface area contributed by atoms with Crippen molar-refractivity contribution in [3.05, 3.63) is 23.3 Å². The highest BCUT2D eigenvalue weighted by Crippen LogP contribution is 2.30. The number of Topliss-reactive ketones (excluding diaryl/α,β-unsaturated/α-hetero) is 1. The Morgan fingerprint density at radius 1 is 1.10 bits per heavy atom. The van der Waals surface area contributed by atoms with E-state index in [4.69, 9.17) is 4.74 Å². The van der Waals surface area contributed by atoms with Crippen LogP contribution in [0.15, 0.2) is 17.0 Å². The smallest absolute Gasteiger partial charge is 0.246 e. The van der Waals surface area contributed by atoms with E-state index in [1.54, 1.807) is 12.1 Å². The maximum absolute atomic E-state index is 12.7. The molecule has 110 valence electrons. The Hall–Kier alpha value is -1.40. The summed E-state index contributed by atoms with van der Waals surface area (Å²) in [5.74, 6) is 0.466. The molecule has 20 heavy (non-hydrogen) atoms. The zero-order valence-electron chi connectivity index (χ0n) is 12.0. The first-order valence-corrected chi connectivity index (χ1v) is 7.97. The summed E-state index contributed by atoms with van der Waals surface area (Å²) in [5, 5.41) is 0. The van der Waals surface area contributed by atoms with Crippen molar-refractivity contribution in [3.8, 4) is 5.75 Å². The van der Waals surface area contributed by atoms with Gasteiger partial charge in [-0.15, -0.1) is 0 Å². The largest absolute Gasteiger partial charge is 0.495 e. The Labute approximate surface area is 119 Å². The first kappa shape index (κ1) is 15.0. The van der Waals surface area contributed by atoms with Crippen molar-refractivity contribution >= 4 is 15.8 Å². The lowest BCUT2D eigenvalue weighted by molar-refractivity contribution is -0.120. The Bertz CT molecular complexity index is 627. The molecule has 0 radical (unpaired) electrons. The van der Waals surface area contributed by atoms with Gasteiger partial charge in [0.05, 0.1) is 7.11 Å². The van der Waals surface area contributed by atoms with Crippen LogP contribution in [0.25, 0.3) is 0 Å². The molecule has 1 fully saturated rings. The van der Waals surface area contributed by atoms with Gasteiger partial charge in [0.2, 0.25) is 10.0 Å². The van der Waals surface area contributed by atoms with Crippen LogP contribution >= 0.6 is 0 Å². The standard InChI is InChI=1S/C14H19NO4S/c1-10-8-13(19-3)14(9-11(10)2)20(17,18)15-6-4-12(16)5-7-15/h8-9H,4-7H2,1-3H3. The van der Waals surface area contributed by atoms with Crippen LogP contribution in [0.2, 0.25) is 0 Å². The van der Waals surface area contributed by atoms with Gasteiger partial charge < -0.3 is 4.74 Å². The van der Waals surface area contributed by atoms with Crippen molar-refractivity contribution in [1.29, 1.82) is 0 Å². The third kappa shape index (κ3) is 2.71. The van der Waals surface area contributed by atoms with Gasteiger partial charge in [0.1, 0.15) is 16.4 Å². The molecule has 1 aliphatic rings. The van der Waals surface area contributed by atoms with Gasteiger partial charge in [-0.3, -0.25) is 4.79 Å². The van der Waals surface area contributed by atoms with E-state index in [-0.39, 0.29) is 36.6 Å². The number of hydrogen-bond acceptors (Lipinski definition) is 4. The van der Waals surface area contributed by atoms with Crippen LogP contribution in [-0.4, -0.2) is 38.7 Å². The normalized spacial score (nSPS) is 17.2. The highest BCUT2D eigenvalue weighted by Gasteiger charge is 2.31. The molecule has 0 spiro atoms. The molecule has 0 saturated carbocycles. The molecule has 0 aromatic heterocycles. The summed E-state index contributed by atoms with van der Waals surface area (Å²) in [6, 6.07) is 3.37. The first-order valence-electron chi connectivity index (χ1n) is 6.53. The first-order chi connectivity index (χ1) is 9.36. The summed E-state index contributed by atoms with van der Waals surface area (Å²) in [4.78, 5) is 11.4. The van der Waals surface area contributed by atoms with Crippen molar-refractivity contribution in [2.45, 2.75) is 31.6 Å². The molecule has 0 atom stereocenters. The molecular formula is C14H19NO4S. The van der Waals surface area contributed by atoms with E-state index in [1.165, 1.54) is 11.4 Å². The zero-order valence-corrected chi connectivity index (χ0v) is 12.8. The van der Waals surface area contributed by atoms with Crippen molar-refractivity contribution in [2.24, 2.45) is 0 Å². The Morgan fingerprint density at radius 3 is 2.20 bits per heavy atom. The van der Waals surface area contributed by atoms with Crippen LogP contribution < -0.4 is 4.74 Å². The second-order valence-electron chi connectivity index (χ2n) is 5.03. The maximum atomic E-state index is 12.7. The fourth-order valence-corrected chi connectivity index (χ4v) is 3.90. The number of hydrogen-bond donors (Lipinski definition) is 0. The summed E-state index contributed by atoms with van der Waals surface area (Å²) in [5.41, 5.74) is 1.88. The van der Waals surface area contributed by atoms with E-state index in [0.717, 1.165) is 11.1 Å². The number of carbonyl (C=O) groups is 1. The van der Waals surface area contributed by atoms with E-state index >= 15 is 0 Å². The van der Waals surface area contributed by atoms with Gasteiger partial charge in [-0.1, -0.05) is 0 Å². The molecule has 0 unspecified atom stereocenters. The van der Waals surface area contributed by atoms with Gasteiger partial charge in [0.25, 0.3) is 0 Å². The molecule has 0 N–H and O–H groups in total. The number of ether oxygens (including phenoxy) is 1. The third-order valence-electron chi connectivity index (χ3n) is 3.68. The van der Waals surface area contributed by atoms with Gasteiger partial charge in [0, 0.05) is 25.9 Å². The molecule has 5 nitrogen and oxygen atoms in total. The number of methoxy groups -OCH3 is 1. The van der Waals surface area contributed by atoms with Gasteiger partial charge >= 0.3 is 0 Å². The lowest BCUT2D eigenvalue weighted by atomic mass is 10.1. The van der Waals surface area contributed by atoms with Crippen LogP contribution in [0.3, 0.4) is 0 Å². The Kier molecular flexibility index (Phi) is 4.15. The van der Waals surface area contributed by atoms with Crippen molar-refractivity contribution in [1.82, 2.24) is 4.31 Å². The van der Waals surface area contributed by atoms with Gasteiger partial charge in [0.15, 0.2) is 0 Å². The summed E-state index contributed by atoms with van der Waals surface area (Å²) in [6.07, 6.45) is 0.568. The zero-order chi connectivity index (χ0) is 14.9. The Morgan fingerprint density at radius 2 is 1.65 bits per heavy atom. The van der Waals surface area contributed by atoms with Crippen LogP contribution in [0.5, 0.6) is 5.75 Å². The molecule has 0 bridgehead atoms. The van der Waals surface area contributed by atoms with Gasteiger partial charge in [-0.05, 0) is 37.1 Å². The quantitative estimate of drug-likeness (QED) is 0.851. The highest BCUT2D eigenvalue weighted by molar-refractivity contribution is 7.89. The third-order valence-corrected chi connectivity index (χ3v) is 5.60. The van der Waals surface area contributed by atoms with Crippen LogP contribution in [0.4, 0.5) is 0 Å². The van der Waals surface area contributed by atoms with Crippen LogP contribution in [0, 0.1) is 13.8 Å². The molecule has 1 aliphatic heterocycles. The van der Waals surface area contributed by atoms with E-state index < -0.39 is 10.0 Å². The number of sulfonamides is 1. The summed E-state index contributed by atoms with van der Waals surface area (Å²) < 4.78 is 31.9. The topological polar surface area (TPSA) is 63.7 Å². The average Bonchev–Trinajstić information content (AvgIpc) is 2.41. The van der Waals surface area contributed by atoms with Crippen LogP contribution in [0.1, 0.15) is 24.0 Å². The summed E-state index contributed by atoms with van der Waals surface area (Å²) in [7, 11) is -2.15. The number of rotatable bonds is 3. The summed E-state index contributed by atoms with van der Waals surface area (Å²) in [6.45, 7) is 4.27. The fraction of sp³-hybridized carbons (Fsp3) is 0.500. The lowest BCUT2D eigenvalue weighted by Crippen LogP contribution is -2.38. The molecule has 0 aliphatic carbocycles. The molecular weight excluding hydrogens is 278 g/mol. The predicted molar refractivity (Wildman–Crippen MR) is 75.5 cm³/mol. The van der Waals surface area contributed by atoms with Crippen LogP contribution in [-0.2, 0) is 14.8 Å². The predicted octanol–water partition coefficient (Wildman–Crippen LogP) is 1.67. The minimum Gasteiger partial charge on any atom is -0.495 e. The number of nitrogens with zero attached hydrogens (tertiary/aromatic N) is 1. The fourth-order valence-electron chi connectivity index (χ4n) is 2.24. The van der Waals surface area contributed by atoms with Crippen molar-refractivity contribution in [2.75, 3.05) is 20.2 Å². The molecule has 0 amide bonds. The average molecular weight is 297 g/mol. The summed E-state index contributed by atoms with van der Waals surface area (Å²) >= 11 is 0. The second-order valence-corrected chi connectivity index (χ2v) is 6.94. The van der Waals surface area contributed by atoms with Crippen molar-refractivity contribution < 1.29 is 17.9 Å². The Balaban J connectivity index is 2.43. The van der Waals surface area contributed by atoms with E-state index in [9.17, 15) is 13.2 Å².